The highest BCUT2D eigenvalue weighted by Gasteiger charge is 2.11. The first-order valence-corrected chi connectivity index (χ1v) is 8.72. The van der Waals surface area contributed by atoms with Crippen molar-refractivity contribution in [3.8, 4) is 0 Å². The number of unbranched alkanes of at least 4 members (excludes halogenated alkanes) is 2. The van der Waals surface area contributed by atoms with Gasteiger partial charge >= 0.3 is 0 Å². The fourth-order valence-electron chi connectivity index (χ4n) is 2.49. The maximum atomic E-state index is 5.95. The zero-order valence-electron chi connectivity index (χ0n) is 14.5. The number of nitrogens with zero attached hydrogens (tertiary/aromatic N) is 1. The maximum Gasteiger partial charge on any atom is 0.118 e. The monoisotopic (exact) mass is 294 g/mol. The average Bonchev–Trinajstić information content (AvgIpc) is 2.82. The summed E-state index contributed by atoms with van der Waals surface area (Å²) >= 11 is 0. The summed E-state index contributed by atoms with van der Waals surface area (Å²) in [5, 5.41) is 3.45. The molecule has 3 heteroatoms. The molecule has 1 rings (SSSR count). The van der Waals surface area contributed by atoms with Crippen molar-refractivity contribution in [3.05, 3.63) is 23.2 Å². The molecule has 122 valence electrons. The van der Waals surface area contributed by atoms with E-state index in [2.05, 4.69) is 44.0 Å². The van der Waals surface area contributed by atoms with Crippen molar-refractivity contribution >= 4 is 0 Å². The van der Waals surface area contributed by atoms with Crippen molar-refractivity contribution in [2.75, 3.05) is 19.6 Å². The third-order valence-corrected chi connectivity index (χ3v) is 3.85. The smallest absolute Gasteiger partial charge is 0.118 e. The molecule has 0 saturated heterocycles. The Morgan fingerprint density at radius 1 is 1.05 bits per heavy atom. The van der Waals surface area contributed by atoms with Crippen molar-refractivity contribution in [2.45, 2.75) is 72.9 Å². The largest absolute Gasteiger partial charge is 0.465 e. The molecule has 0 aliphatic rings. The van der Waals surface area contributed by atoms with Gasteiger partial charge in [-0.1, -0.05) is 33.6 Å². The van der Waals surface area contributed by atoms with Gasteiger partial charge in [0, 0.05) is 12.1 Å². The zero-order valence-corrected chi connectivity index (χ0v) is 14.5. The molecule has 0 spiro atoms. The predicted octanol–water partition coefficient (Wildman–Crippen LogP) is 4.49. The third-order valence-electron chi connectivity index (χ3n) is 3.85. The predicted molar refractivity (Wildman–Crippen MR) is 90.5 cm³/mol. The summed E-state index contributed by atoms with van der Waals surface area (Å²) in [6.45, 7) is 14.1. The van der Waals surface area contributed by atoms with Crippen LogP contribution in [0.1, 0.15) is 70.0 Å². The van der Waals surface area contributed by atoms with Crippen LogP contribution < -0.4 is 5.32 Å². The molecule has 1 aromatic heterocycles. The number of nitrogens with one attached hydrogen (secondary N) is 1. The van der Waals surface area contributed by atoms with Gasteiger partial charge in [0.25, 0.3) is 0 Å². The summed E-state index contributed by atoms with van der Waals surface area (Å²) in [5.74, 6) is 2.19. The minimum absolute atomic E-state index is 0.924. The Morgan fingerprint density at radius 3 is 2.29 bits per heavy atom. The Balaban J connectivity index is 2.54. The number of hydrogen-bond acceptors (Lipinski definition) is 3. The van der Waals surface area contributed by atoms with Gasteiger partial charge in [0.15, 0.2) is 0 Å². The number of furan rings is 1. The van der Waals surface area contributed by atoms with Gasteiger partial charge in [-0.15, -0.1) is 0 Å². The lowest BCUT2D eigenvalue weighted by atomic mass is 10.2. The van der Waals surface area contributed by atoms with Crippen molar-refractivity contribution < 1.29 is 4.42 Å². The molecule has 0 aliphatic heterocycles. The van der Waals surface area contributed by atoms with Crippen LogP contribution in [0.3, 0.4) is 0 Å². The van der Waals surface area contributed by atoms with Gasteiger partial charge in [-0.2, -0.15) is 0 Å². The minimum atomic E-state index is 0.924. The van der Waals surface area contributed by atoms with E-state index in [1.807, 2.05) is 0 Å². The van der Waals surface area contributed by atoms with E-state index in [4.69, 9.17) is 4.42 Å². The van der Waals surface area contributed by atoms with E-state index < -0.39 is 0 Å². The van der Waals surface area contributed by atoms with E-state index in [1.165, 1.54) is 50.8 Å². The molecule has 0 radical (unpaired) electrons. The molecule has 0 aromatic carbocycles. The Morgan fingerprint density at radius 2 is 1.71 bits per heavy atom. The van der Waals surface area contributed by atoms with Gasteiger partial charge in [0.2, 0.25) is 0 Å². The molecule has 0 saturated carbocycles. The van der Waals surface area contributed by atoms with Crippen LogP contribution in [-0.2, 0) is 13.1 Å². The lowest BCUT2D eigenvalue weighted by Gasteiger charge is -2.20. The van der Waals surface area contributed by atoms with Crippen LogP contribution in [0.25, 0.3) is 0 Å². The highest BCUT2D eigenvalue weighted by atomic mass is 16.3. The van der Waals surface area contributed by atoms with Gasteiger partial charge in [-0.25, -0.2) is 0 Å². The van der Waals surface area contributed by atoms with Crippen LogP contribution in [0.4, 0.5) is 0 Å². The van der Waals surface area contributed by atoms with Crippen LogP contribution >= 0.6 is 0 Å². The van der Waals surface area contributed by atoms with Crippen LogP contribution in [0.2, 0.25) is 0 Å². The Hall–Kier alpha value is -0.800. The Kier molecular flexibility index (Phi) is 9.44. The van der Waals surface area contributed by atoms with Crippen molar-refractivity contribution in [1.29, 1.82) is 0 Å². The van der Waals surface area contributed by atoms with Crippen molar-refractivity contribution in [3.63, 3.8) is 0 Å². The van der Waals surface area contributed by atoms with Gasteiger partial charge in [0.05, 0.1) is 6.54 Å². The summed E-state index contributed by atoms with van der Waals surface area (Å²) < 4.78 is 5.95. The lowest BCUT2D eigenvalue weighted by Crippen LogP contribution is -2.25. The van der Waals surface area contributed by atoms with Crippen LogP contribution in [0, 0.1) is 6.92 Å². The van der Waals surface area contributed by atoms with E-state index in [-0.39, 0.29) is 0 Å². The van der Waals surface area contributed by atoms with Crippen molar-refractivity contribution in [1.82, 2.24) is 10.2 Å². The molecule has 0 unspecified atom stereocenters. The highest BCUT2D eigenvalue weighted by molar-refractivity contribution is 5.20. The molecule has 0 atom stereocenters. The summed E-state index contributed by atoms with van der Waals surface area (Å²) in [5.41, 5.74) is 1.31. The zero-order chi connectivity index (χ0) is 15.5. The first-order valence-electron chi connectivity index (χ1n) is 8.72. The second-order valence-electron chi connectivity index (χ2n) is 5.95. The van der Waals surface area contributed by atoms with Crippen molar-refractivity contribution in [2.24, 2.45) is 0 Å². The SMILES string of the molecule is CCCCN(CCCC)Cc1cc(CNCCC)c(C)o1. The molecule has 21 heavy (non-hydrogen) atoms. The summed E-state index contributed by atoms with van der Waals surface area (Å²) in [6, 6.07) is 2.24. The molecular weight excluding hydrogens is 260 g/mol. The molecule has 0 amide bonds. The van der Waals surface area contributed by atoms with Gasteiger partial charge < -0.3 is 9.73 Å². The first kappa shape index (κ1) is 18.2. The summed E-state index contributed by atoms with van der Waals surface area (Å²) in [6.07, 6.45) is 6.23. The normalized spacial score (nSPS) is 11.5. The Labute approximate surface area is 131 Å². The topological polar surface area (TPSA) is 28.4 Å². The molecule has 3 nitrogen and oxygen atoms in total. The maximum absolute atomic E-state index is 5.95. The molecule has 1 heterocycles. The molecule has 0 aliphatic carbocycles. The van der Waals surface area contributed by atoms with Crippen LogP contribution in [0.15, 0.2) is 10.5 Å². The Bertz CT molecular complexity index is 365. The van der Waals surface area contributed by atoms with Crippen LogP contribution in [0.5, 0.6) is 0 Å². The van der Waals surface area contributed by atoms with E-state index in [0.29, 0.717) is 0 Å². The number of aryl methyl sites for hydroxylation is 1. The fourth-order valence-corrected chi connectivity index (χ4v) is 2.49. The van der Waals surface area contributed by atoms with E-state index in [9.17, 15) is 0 Å². The number of hydrogen-bond donors (Lipinski definition) is 1. The molecular formula is C18H34N2O. The van der Waals surface area contributed by atoms with E-state index >= 15 is 0 Å². The summed E-state index contributed by atoms with van der Waals surface area (Å²) in [4.78, 5) is 2.54. The molecule has 1 aromatic rings. The number of rotatable bonds is 12. The molecule has 0 fully saturated rings. The second-order valence-corrected chi connectivity index (χ2v) is 5.95. The van der Waals surface area contributed by atoms with Gasteiger partial charge in [0.1, 0.15) is 11.5 Å². The van der Waals surface area contributed by atoms with Crippen LogP contribution in [-0.4, -0.2) is 24.5 Å². The highest BCUT2D eigenvalue weighted by Crippen LogP contribution is 2.17. The first-order chi connectivity index (χ1) is 10.2. The second kappa shape index (κ2) is 10.9. The van der Waals surface area contributed by atoms with Gasteiger partial charge in [-0.05, 0) is 51.9 Å². The minimum Gasteiger partial charge on any atom is -0.465 e. The molecule has 0 bridgehead atoms. The third kappa shape index (κ3) is 7.14. The quantitative estimate of drug-likeness (QED) is 0.576. The average molecular weight is 294 g/mol. The molecule has 1 N–H and O–H groups in total. The van der Waals surface area contributed by atoms with Gasteiger partial charge in [-0.3, -0.25) is 4.90 Å². The van der Waals surface area contributed by atoms with E-state index in [0.717, 1.165) is 31.2 Å². The lowest BCUT2D eigenvalue weighted by molar-refractivity contribution is 0.235. The van der Waals surface area contributed by atoms with E-state index in [1.54, 1.807) is 0 Å². The standard InChI is InChI=1S/C18H34N2O/c1-5-8-11-20(12-9-6-2)15-18-13-17(16(4)21-18)14-19-10-7-3/h13,19H,5-12,14-15H2,1-4H3. The fraction of sp³-hybridized carbons (Fsp3) is 0.778. The summed E-state index contributed by atoms with van der Waals surface area (Å²) in [7, 11) is 0.